The van der Waals surface area contributed by atoms with Crippen molar-refractivity contribution in [2.45, 2.75) is 37.1 Å². The maximum atomic E-state index is 12.7. The number of hydrogen-bond donors (Lipinski definition) is 1. The topological polar surface area (TPSA) is 63.4 Å². The summed E-state index contributed by atoms with van der Waals surface area (Å²) in [7, 11) is 0. The molecule has 2 rings (SSSR count). The van der Waals surface area contributed by atoms with E-state index in [9.17, 15) is 9.59 Å². The Morgan fingerprint density at radius 1 is 1.41 bits per heavy atom. The molecule has 1 aromatic rings. The zero-order chi connectivity index (χ0) is 16.3. The van der Waals surface area contributed by atoms with Gasteiger partial charge in [-0.25, -0.2) is 0 Å². The van der Waals surface area contributed by atoms with Crippen LogP contribution in [0.4, 0.5) is 0 Å². The van der Waals surface area contributed by atoms with Gasteiger partial charge in [0.2, 0.25) is 11.8 Å². The lowest BCUT2D eigenvalue weighted by molar-refractivity contribution is -0.137. The first-order valence-corrected chi connectivity index (χ1v) is 9.35. The third kappa shape index (κ3) is 4.04. The van der Waals surface area contributed by atoms with Crippen molar-refractivity contribution in [3.8, 4) is 0 Å². The van der Waals surface area contributed by atoms with Crippen molar-refractivity contribution in [1.82, 2.24) is 4.90 Å². The van der Waals surface area contributed by atoms with Crippen molar-refractivity contribution in [3.63, 3.8) is 0 Å². The number of primary amides is 1. The summed E-state index contributed by atoms with van der Waals surface area (Å²) in [5, 5.41) is 0. The second-order valence-electron chi connectivity index (χ2n) is 5.70. The lowest BCUT2D eigenvalue weighted by Gasteiger charge is -2.37. The maximum absolute atomic E-state index is 12.7. The van der Waals surface area contributed by atoms with E-state index in [-0.39, 0.29) is 23.8 Å². The summed E-state index contributed by atoms with van der Waals surface area (Å²) in [4.78, 5) is 27.0. The Balaban J connectivity index is 2.14. The lowest BCUT2D eigenvalue weighted by Crippen LogP contribution is -2.49. The summed E-state index contributed by atoms with van der Waals surface area (Å²) >= 11 is 5.09. The largest absolute Gasteiger partial charge is 0.369 e. The first-order chi connectivity index (χ1) is 10.4. The Bertz CT molecular complexity index is 579. The number of likely N-dealkylation sites (tertiary alicyclic amines) is 1. The Hall–Kier alpha value is -1.01. The van der Waals surface area contributed by atoms with Gasteiger partial charge < -0.3 is 10.6 Å². The van der Waals surface area contributed by atoms with E-state index in [0.717, 1.165) is 27.8 Å². The number of piperidine rings is 1. The Kier molecular flexibility index (Phi) is 5.92. The first kappa shape index (κ1) is 17.3. The van der Waals surface area contributed by atoms with Crippen molar-refractivity contribution in [3.05, 3.63) is 28.2 Å². The molecule has 1 heterocycles. The molecule has 2 amide bonds. The molecule has 1 aromatic carbocycles. The van der Waals surface area contributed by atoms with Gasteiger partial charge in [0.15, 0.2) is 0 Å². The molecule has 22 heavy (non-hydrogen) atoms. The summed E-state index contributed by atoms with van der Waals surface area (Å²) in [6, 6.07) is 6.15. The van der Waals surface area contributed by atoms with Gasteiger partial charge in [-0.15, -0.1) is 11.8 Å². The Morgan fingerprint density at radius 2 is 2.14 bits per heavy atom. The molecule has 6 heteroatoms. The number of halogens is 1. The predicted octanol–water partition coefficient (Wildman–Crippen LogP) is 2.83. The normalized spacial score (nSPS) is 21.7. The number of nitrogens with two attached hydrogens (primary N) is 1. The minimum absolute atomic E-state index is 0.0619. The van der Waals surface area contributed by atoms with Gasteiger partial charge in [0.05, 0.1) is 12.3 Å². The fourth-order valence-electron chi connectivity index (χ4n) is 2.84. The van der Waals surface area contributed by atoms with Gasteiger partial charge in [0.25, 0.3) is 0 Å². The van der Waals surface area contributed by atoms with Crippen molar-refractivity contribution >= 4 is 39.5 Å². The van der Waals surface area contributed by atoms with Crippen LogP contribution >= 0.6 is 27.7 Å². The number of nitrogens with zero attached hydrogens (tertiary/aromatic N) is 1. The summed E-state index contributed by atoms with van der Waals surface area (Å²) in [5.41, 5.74) is 6.42. The highest BCUT2D eigenvalue weighted by molar-refractivity contribution is 9.10. The van der Waals surface area contributed by atoms with Crippen LogP contribution in [-0.4, -0.2) is 35.6 Å². The molecule has 0 saturated carbocycles. The Morgan fingerprint density at radius 3 is 2.77 bits per heavy atom. The van der Waals surface area contributed by atoms with E-state index in [1.807, 2.05) is 36.3 Å². The summed E-state index contributed by atoms with van der Waals surface area (Å²) in [6.07, 6.45) is 3.95. The molecule has 120 valence electrons. The van der Waals surface area contributed by atoms with Crippen LogP contribution in [0, 0.1) is 5.92 Å². The lowest BCUT2D eigenvalue weighted by atomic mass is 9.92. The molecule has 1 saturated heterocycles. The van der Waals surface area contributed by atoms with Crippen LogP contribution in [0.1, 0.15) is 25.3 Å². The molecule has 1 fully saturated rings. The van der Waals surface area contributed by atoms with Crippen LogP contribution in [0.3, 0.4) is 0 Å². The van der Waals surface area contributed by atoms with E-state index >= 15 is 0 Å². The second-order valence-corrected chi connectivity index (χ2v) is 7.47. The molecule has 1 aliphatic rings. The number of carbonyl (C=O) groups excluding carboxylic acids is 2. The van der Waals surface area contributed by atoms with E-state index < -0.39 is 0 Å². The second kappa shape index (κ2) is 7.51. The van der Waals surface area contributed by atoms with Gasteiger partial charge in [-0.1, -0.05) is 15.9 Å². The van der Waals surface area contributed by atoms with Gasteiger partial charge in [-0.3, -0.25) is 9.59 Å². The maximum Gasteiger partial charge on any atom is 0.227 e. The van der Waals surface area contributed by atoms with E-state index in [1.165, 1.54) is 0 Å². The number of hydrogen-bond acceptors (Lipinski definition) is 3. The number of carbonyl (C=O) groups is 2. The summed E-state index contributed by atoms with van der Waals surface area (Å²) in [5.74, 6) is -0.466. The molecule has 0 bridgehead atoms. The first-order valence-electron chi connectivity index (χ1n) is 7.33. The van der Waals surface area contributed by atoms with Crippen molar-refractivity contribution < 1.29 is 9.59 Å². The van der Waals surface area contributed by atoms with Crippen LogP contribution in [0.5, 0.6) is 0 Å². The number of benzene rings is 1. The summed E-state index contributed by atoms with van der Waals surface area (Å²) < 4.78 is 0.967. The minimum atomic E-state index is -0.308. The van der Waals surface area contributed by atoms with E-state index in [4.69, 9.17) is 5.73 Å². The average molecular weight is 385 g/mol. The standard InChI is InChI=1S/C16H21BrN2O2S/c1-10-3-4-11(16(18)21)9-19(10)15(20)8-12-7-13(17)5-6-14(12)22-2/h5-7,10-11H,3-4,8-9H2,1-2H3,(H2,18,21)/t10-,11+/m0/s1. The average Bonchev–Trinajstić information content (AvgIpc) is 2.47. The number of amides is 2. The monoisotopic (exact) mass is 384 g/mol. The zero-order valence-corrected chi connectivity index (χ0v) is 15.2. The molecule has 0 spiro atoms. The molecule has 2 N–H and O–H groups in total. The molecule has 0 radical (unpaired) electrons. The molecule has 4 nitrogen and oxygen atoms in total. The van der Waals surface area contributed by atoms with Crippen molar-refractivity contribution in [2.24, 2.45) is 11.7 Å². The molecular weight excluding hydrogens is 364 g/mol. The summed E-state index contributed by atoms with van der Waals surface area (Å²) in [6.45, 7) is 2.48. The number of thioether (sulfide) groups is 1. The third-order valence-electron chi connectivity index (χ3n) is 4.19. The van der Waals surface area contributed by atoms with Crippen molar-refractivity contribution in [2.75, 3.05) is 12.8 Å². The van der Waals surface area contributed by atoms with E-state index in [1.54, 1.807) is 11.8 Å². The molecular formula is C16H21BrN2O2S. The zero-order valence-electron chi connectivity index (χ0n) is 12.8. The van der Waals surface area contributed by atoms with Gasteiger partial charge in [0, 0.05) is 22.0 Å². The van der Waals surface area contributed by atoms with Crippen LogP contribution in [0.15, 0.2) is 27.6 Å². The van der Waals surface area contributed by atoms with Crippen LogP contribution in [-0.2, 0) is 16.0 Å². The fraction of sp³-hybridized carbons (Fsp3) is 0.500. The quantitative estimate of drug-likeness (QED) is 0.811. The molecule has 2 atom stereocenters. The highest BCUT2D eigenvalue weighted by Crippen LogP contribution is 2.27. The van der Waals surface area contributed by atoms with Gasteiger partial charge in [-0.2, -0.15) is 0 Å². The molecule has 1 aliphatic heterocycles. The third-order valence-corrected chi connectivity index (χ3v) is 5.52. The highest BCUT2D eigenvalue weighted by atomic mass is 79.9. The smallest absolute Gasteiger partial charge is 0.227 e. The number of rotatable bonds is 4. The van der Waals surface area contributed by atoms with Crippen molar-refractivity contribution in [1.29, 1.82) is 0 Å². The fourth-order valence-corrected chi connectivity index (χ4v) is 3.84. The van der Waals surface area contributed by atoms with Gasteiger partial charge in [0.1, 0.15) is 0 Å². The SMILES string of the molecule is CSc1ccc(Br)cc1CC(=O)N1C[C@H](C(N)=O)CC[C@@H]1C. The predicted molar refractivity (Wildman–Crippen MR) is 92.7 cm³/mol. The van der Waals surface area contributed by atoms with Crippen LogP contribution in [0.25, 0.3) is 0 Å². The van der Waals surface area contributed by atoms with E-state index in [0.29, 0.717) is 13.0 Å². The molecule has 0 unspecified atom stereocenters. The molecule has 0 aliphatic carbocycles. The van der Waals surface area contributed by atoms with E-state index in [2.05, 4.69) is 15.9 Å². The van der Waals surface area contributed by atoms with Crippen LogP contribution < -0.4 is 5.73 Å². The van der Waals surface area contributed by atoms with Gasteiger partial charge >= 0.3 is 0 Å². The van der Waals surface area contributed by atoms with Gasteiger partial charge in [-0.05, 0) is 49.8 Å². The highest BCUT2D eigenvalue weighted by Gasteiger charge is 2.31. The minimum Gasteiger partial charge on any atom is -0.369 e. The molecule has 0 aromatic heterocycles. The van der Waals surface area contributed by atoms with Crippen LogP contribution in [0.2, 0.25) is 0 Å². The Labute approximate surface area is 143 Å².